The Morgan fingerprint density at radius 1 is 0.480 bits per heavy atom. The number of nitrogens with zero attached hydrogens (tertiary/aromatic N) is 2. The normalized spacial score (nSPS) is 12.4. The monoisotopic (exact) mass is 718 g/mol. The molecule has 3 aromatic rings. The van der Waals surface area contributed by atoms with Crippen LogP contribution < -0.4 is 10.6 Å². The summed E-state index contributed by atoms with van der Waals surface area (Å²) in [5, 5.41) is 3.39. The van der Waals surface area contributed by atoms with Crippen LogP contribution >= 0.6 is 0 Å². The molecule has 0 aliphatic rings. The van der Waals surface area contributed by atoms with Crippen LogP contribution in [0.15, 0.2) is 91.0 Å². The summed E-state index contributed by atoms with van der Waals surface area (Å²) in [6, 6.07) is 27.0. The number of hydrogen-bond donors (Lipinski definition) is 2. The third-order valence-corrected chi connectivity index (χ3v) is 7.73. The van der Waals surface area contributed by atoms with Gasteiger partial charge in [-0.15, -0.1) is 0 Å². The van der Waals surface area contributed by atoms with Crippen LogP contribution in [0.4, 0.5) is 39.5 Å². The van der Waals surface area contributed by atoms with E-state index in [2.05, 4.69) is 0 Å². The number of carbonyl (C=O) groups is 3. The predicted octanol–water partition coefficient (Wildman–Crippen LogP) is 6.20. The van der Waals surface area contributed by atoms with Gasteiger partial charge < -0.3 is 15.5 Å². The number of alkyl halides is 9. The minimum absolute atomic E-state index is 0.0137. The largest absolute Gasteiger partial charge is 0.471 e. The van der Waals surface area contributed by atoms with Gasteiger partial charge in [0.05, 0.1) is 5.54 Å². The van der Waals surface area contributed by atoms with Crippen LogP contribution in [0.2, 0.25) is 0 Å². The number of halogens is 9. The molecule has 0 fully saturated rings. The highest BCUT2D eigenvalue weighted by Crippen LogP contribution is 2.42. The van der Waals surface area contributed by atoms with Crippen LogP contribution in [0.1, 0.15) is 36.0 Å². The van der Waals surface area contributed by atoms with Gasteiger partial charge in [0.15, 0.2) is 0 Å². The smallest absolute Gasteiger partial charge is 0.348 e. The lowest BCUT2D eigenvalue weighted by Crippen LogP contribution is -2.50. The van der Waals surface area contributed by atoms with E-state index in [0.29, 0.717) is 21.6 Å². The molecule has 0 atom stereocenters. The van der Waals surface area contributed by atoms with Crippen LogP contribution in [0, 0.1) is 0 Å². The molecule has 0 unspecified atom stereocenters. The molecular formula is C34H35F9N4O3. The zero-order valence-electron chi connectivity index (χ0n) is 26.5. The van der Waals surface area contributed by atoms with Crippen molar-refractivity contribution in [2.24, 2.45) is 0 Å². The first-order chi connectivity index (χ1) is 23.5. The number of hydrogen-bond acceptors (Lipinski definition) is 4. The summed E-state index contributed by atoms with van der Waals surface area (Å²) in [5.41, 5.74) is 0.958. The number of rotatable bonds is 16. The molecule has 0 saturated carbocycles. The Morgan fingerprint density at radius 2 is 0.820 bits per heavy atom. The maximum atomic E-state index is 13.6. The number of amides is 3. The summed E-state index contributed by atoms with van der Waals surface area (Å²) in [4.78, 5) is 37.2. The molecule has 0 radical (unpaired) electrons. The molecular weight excluding hydrogens is 683 g/mol. The van der Waals surface area contributed by atoms with Gasteiger partial charge in [-0.05, 0) is 36.0 Å². The molecule has 3 rings (SSSR count). The minimum atomic E-state index is -5.30. The van der Waals surface area contributed by atoms with Gasteiger partial charge in [0.25, 0.3) is 0 Å². The molecule has 3 aromatic carbocycles. The fraction of sp³-hybridized carbons (Fsp3) is 0.382. The molecule has 3 amide bonds. The van der Waals surface area contributed by atoms with Crippen molar-refractivity contribution in [2.45, 2.75) is 43.3 Å². The van der Waals surface area contributed by atoms with E-state index in [1.54, 1.807) is 59.9 Å². The van der Waals surface area contributed by atoms with Gasteiger partial charge in [-0.2, -0.15) is 39.5 Å². The van der Waals surface area contributed by atoms with Gasteiger partial charge in [-0.1, -0.05) is 91.0 Å². The highest BCUT2D eigenvalue weighted by Gasteiger charge is 2.44. The lowest BCUT2D eigenvalue weighted by Gasteiger charge is -2.46. The molecule has 16 heteroatoms. The maximum absolute atomic E-state index is 13.6. The molecule has 7 nitrogen and oxygen atoms in total. The molecule has 0 aliphatic heterocycles. The van der Waals surface area contributed by atoms with Crippen molar-refractivity contribution in [3.8, 4) is 0 Å². The van der Waals surface area contributed by atoms with Crippen LogP contribution in [-0.4, -0.2) is 85.3 Å². The van der Waals surface area contributed by atoms with E-state index in [0.717, 1.165) is 0 Å². The van der Waals surface area contributed by atoms with Crippen molar-refractivity contribution >= 4 is 17.7 Å². The van der Waals surface area contributed by atoms with E-state index in [4.69, 9.17) is 0 Å². The lowest BCUT2D eigenvalue weighted by molar-refractivity contribution is -0.185. The van der Waals surface area contributed by atoms with E-state index in [1.165, 1.54) is 0 Å². The van der Waals surface area contributed by atoms with Gasteiger partial charge in [-0.3, -0.25) is 19.3 Å². The average Bonchev–Trinajstić information content (AvgIpc) is 3.07. The first-order valence-electron chi connectivity index (χ1n) is 15.5. The third kappa shape index (κ3) is 10.7. The molecule has 0 aromatic heterocycles. The van der Waals surface area contributed by atoms with Crippen molar-refractivity contribution < 1.29 is 53.9 Å². The zero-order valence-corrected chi connectivity index (χ0v) is 26.5. The average molecular weight is 719 g/mol. The fourth-order valence-corrected chi connectivity index (χ4v) is 5.62. The highest BCUT2D eigenvalue weighted by atomic mass is 19.4. The Balaban J connectivity index is 1.99. The highest BCUT2D eigenvalue weighted by molar-refractivity contribution is 5.82. The second-order valence-corrected chi connectivity index (χ2v) is 11.2. The Hall–Kier alpha value is -4.60. The van der Waals surface area contributed by atoms with E-state index >= 15 is 0 Å². The van der Waals surface area contributed by atoms with Crippen molar-refractivity contribution in [1.82, 2.24) is 20.4 Å². The molecule has 0 heterocycles. The van der Waals surface area contributed by atoms with E-state index < -0.39 is 67.8 Å². The number of benzene rings is 3. The lowest BCUT2D eigenvalue weighted by atomic mass is 9.75. The van der Waals surface area contributed by atoms with Gasteiger partial charge in [0.1, 0.15) is 0 Å². The van der Waals surface area contributed by atoms with Gasteiger partial charge in [0.2, 0.25) is 0 Å². The predicted molar refractivity (Wildman–Crippen MR) is 165 cm³/mol. The summed E-state index contributed by atoms with van der Waals surface area (Å²) in [6.07, 6.45) is -16.1. The quantitative estimate of drug-likeness (QED) is 0.105. The zero-order chi connectivity index (χ0) is 37.0. The number of carbonyl (C=O) groups excluding carboxylic acids is 3. The summed E-state index contributed by atoms with van der Waals surface area (Å²) < 4.78 is 117. The van der Waals surface area contributed by atoms with E-state index in [1.807, 2.05) is 46.6 Å². The van der Waals surface area contributed by atoms with Crippen LogP contribution in [0.25, 0.3) is 0 Å². The fourth-order valence-electron chi connectivity index (χ4n) is 5.62. The summed E-state index contributed by atoms with van der Waals surface area (Å²) in [6.45, 7) is -2.16. The SMILES string of the molecule is O=C(NCCCN(CCCN(CCCNC(=O)C(F)(F)F)C(c1ccccc1)(c1ccccc1)c1ccccc1)C(=O)C(F)(F)F)C(F)(F)F. The summed E-state index contributed by atoms with van der Waals surface area (Å²) >= 11 is 0. The third-order valence-electron chi connectivity index (χ3n) is 7.73. The first kappa shape index (κ1) is 39.8. The molecule has 2 N–H and O–H groups in total. The van der Waals surface area contributed by atoms with Crippen LogP contribution in [0.5, 0.6) is 0 Å². The molecule has 0 spiro atoms. The van der Waals surface area contributed by atoms with Gasteiger partial charge in [-0.25, -0.2) is 0 Å². The summed E-state index contributed by atoms with van der Waals surface area (Å²) in [5.74, 6) is -6.62. The molecule has 0 aliphatic carbocycles. The Bertz CT molecular complexity index is 1420. The summed E-state index contributed by atoms with van der Waals surface area (Å²) in [7, 11) is 0. The topological polar surface area (TPSA) is 81.8 Å². The maximum Gasteiger partial charge on any atom is 0.471 e. The number of nitrogens with one attached hydrogen (secondary N) is 2. The molecule has 50 heavy (non-hydrogen) atoms. The van der Waals surface area contributed by atoms with Crippen LogP contribution in [-0.2, 0) is 19.9 Å². The van der Waals surface area contributed by atoms with Gasteiger partial charge >= 0.3 is 36.3 Å². The van der Waals surface area contributed by atoms with E-state index in [-0.39, 0.29) is 32.5 Å². The van der Waals surface area contributed by atoms with E-state index in [9.17, 15) is 53.9 Å². The second kappa shape index (κ2) is 17.4. The van der Waals surface area contributed by atoms with Crippen molar-refractivity contribution in [3.63, 3.8) is 0 Å². The van der Waals surface area contributed by atoms with Crippen molar-refractivity contribution in [1.29, 1.82) is 0 Å². The van der Waals surface area contributed by atoms with Crippen molar-refractivity contribution in [3.05, 3.63) is 108 Å². The Labute approximate surface area is 282 Å². The molecule has 272 valence electrons. The van der Waals surface area contributed by atoms with Gasteiger partial charge in [0, 0.05) is 39.3 Å². The molecule has 0 saturated heterocycles. The van der Waals surface area contributed by atoms with Crippen LogP contribution in [0.3, 0.4) is 0 Å². The first-order valence-corrected chi connectivity index (χ1v) is 15.5. The standard InChI is InChI=1S/C34H35F9N4O3/c35-32(36,37)28(48)44-19-10-21-46(30(50)34(41,42)43)22-12-24-47(23-11-20-45-29(49)33(38,39)40)31(25-13-4-1-5-14-25,26-15-6-2-7-16-26)27-17-8-3-9-18-27/h1-9,13-18H,10-12,19-24H2,(H,44,48)(H,45,49). The minimum Gasteiger partial charge on any atom is -0.348 e. The van der Waals surface area contributed by atoms with Crippen molar-refractivity contribution in [2.75, 3.05) is 39.3 Å². The Morgan fingerprint density at radius 3 is 1.18 bits per heavy atom. The molecule has 0 bridgehead atoms. The second-order valence-electron chi connectivity index (χ2n) is 11.2. The Kier molecular flexibility index (Phi) is 13.8.